The molecule has 0 saturated heterocycles. The molecule has 0 radical (unpaired) electrons. The van der Waals surface area contributed by atoms with E-state index in [9.17, 15) is 28.8 Å². The molecule has 446 valence electrons. The lowest BCUT2D eigenvalue weighted by molar-refractivity contribution is -0.158. The lowest BCUT2D eigenvalue weighted by atomic mass is 9.85. The minimum absolute atomic E-state index is 0.0200. The molecule has 3 rings (SSSR count). The largest absolute Gasteiger partial charge is 0.460 e. The predicted molar refractivity (Wildman–Crippen MR) is 316 cm³/mol. The van der Waals surface area contributed by atoms with E-state index in [1.807, 2.05) is 0 Å². The van der Waals surface area contributed by atoms with Crippen LogP contribution in [0.2, 0.25) is 0 Å². The molecule has 15 heteroatoms. The summed E-state index contributed by atoms with van der Waals surface area (Å²) in [6.45, 7) is 11.3. The summed E-state index contributed by atoms with van der Waals surface area (Å²) in [5, 5.41) is 8.41. The summed E-state index contributed by atoms with van der Waals surface area (Å²) in [6, 6.07) is 4.19. The first-order valence-electron chi connectivity index (χ1n) is 30.9. The van der Waals surface area contributed by atoms with Crippen LogP contribution in [0.1, 0.15) is 275 Å². The standard InChI is InChI=1S/C63H108N4O10S/c1-62(2,3)76-56(69)42-41-54(59(71)77-63(4,5)6)67-58(70)52-39-37-51(38-40-52)57(64)55(68)43-46-78-48-53(75-61(73)66-45-30-20-16-12-8-10-14-18-24-32-50-35-27-22-28-36-50)47-74-60(72)65-44-29-19-15-11-7-9-13-17-23-31-49-33-25-21-26-34-49/h37-40,49-50,53-54,57H,7-36,41-48,64H2,1-6H3,(H,65,72)(H,66,73)(H,67,70). The summed E-state index contributed by atoms with van der Waals surface area (Å²) in [7, 11) is 0. The predicted octanol–water partition coefficient (Wildman–Crippen LogP) is 14.7. The third-order valence-electron chi connectivity index (χ3n) is 15.0. The summed E-state index contributed by atoms with van der Waals surface area (Å²) >= 11 is 1.40. The fourth-order valence-electron chi connectivity index (χ4n) is 10.5. The van der Waals surface area contributed by atoms with Crippen LogP contribution in [-0.2, 0) is 33.3 Å². The molecule has 0 bridgehead atoms. The monoisotopic (exact) mass is 1110 g/mol. The molecule has 3 atom stereocenters. The van der Waals surface area contributed by atoms with Crippen molar-refractivity contribution in [3.63, 3.8) is 0 Å². The second kappa shape index (κ2) is 40.3. The highest BCUT2D eigenvalue weighted by Crippen LogP contribution is 2.29. The zero-order valence-corrected chi connectivity index (χ0v) is 50.5. The van der Waals surface area contributed by atoms with Crippen molar-refractivity contribution in [1.29, 1.82) is 0 Å². The van der Waals surface area contributed by atoms with Crippen LogP contribution in [0.25, 0.3) is 0 Å². The van der Waals surface area contributed by atoms with E-state index in [0.717, 1.165) is 50.4 Å². The average molecular weight is 1110 g/mol. The zero-order valence-electron chi connectivity index (χ0n) is 49.6. The SMILES string of the molecule is CC(C)(C)OC(=O)CCC(NC(=O)c1ccc(C(N)C(=O)CCSCC(COC(=O)NCCCCCCCCCCCC2CCCCC2)OC(=O)NCCCCCCCCCCCC2CCCCC2)cc1)C(=O)OC(C)(C)C. The number of rotatable bonds is 40. The van der Waals surface area contributed by atoms with E-state index in [2.05, 4.69) is 16.0 Å². The Bertz CT molecular complexity index is 1820. The second-order valence-electron chi connectivity index (χ2n) is 24.5. The van der Waals surface area contributed by atoms with Gasteiger partial charge in [0, 0.05) is 43.0 Å². The third kappa shape index (κ3) is 34.3. The molecular formula is C63H108N4O10S. The lowest BCUT2D eigenvalue weighted by Crippen LogP contribution is -2.44. The van der Waals surface area contributed by atoms with E-state index in [0.29, 0.717) is 30.2 Å². The smallest absolute Gasteiger partial charge is 0.407 e. The second-order valence-corrected chi connectivity index (χ2v) is 25.7. The Kier molecular flexibility index (Phi) is 35.4. The van der Waals surface area contributed by atoms with Gasteiger partial charge in [-0.1, -0.05) is 192 Å². The lowest BCUT2D eigenvalue weighted by Gasteiger charge is -2.25. The van der Waals surface area contributed by atoms with Crippen molar-refractivity contribution in [3.8, 4) is 0 Å². The van der Waals surface area contributed by atoms with Gasteiger partial charge in [0.2, 0.25) is 0 Å². The van der Waals surface area contributed by atoms with E-state index < -0.39 is 59.4 Å². The van der Waals surface area contributed by atoms with Crippen LogP contribution in [0.15, 0.2) is 24.3 Å². The normalized spacial score (nSPS) is 15.6. The molecule has 2 aliphatic carbocycles. The highest BCUT2D eigenvalue weighted by atomic mass is 32.2. The molecule has 3 unspecified atom stereocenters. The molecule has 0 aliphatic heterocycles. The van der Waals surface area contributed by atoms with Gasteiger partial charge in [0.1, 0.15) is 30.0 Å². The maximum atomic E-state index is 13.3. The van der Waals surface area contributed by atoms with E-state index in [-0.39, 0.29) is 37.2 Å². The van der Waals surface area contributed by atoms with Gasteiger partial charge in [-0.3, -0.25) is 14.4 Å². The number of unbranched alkanes of at least 4 members (excludes halogenated alkanes) is 16. The summed E-state index contributed by atoms with van der Waals surface area (Å²) in [6.07, 6.45) is 37.2. The van der Waals surface area contributed by atoms with Crippen LogP contribution in [0.4, 0.5) is 9.59 Å². The van der Waals surface area contributed by atoms with Gasteiger partial charge in [0.15, 0.2) is 5.78 Å². The number of nitrogens with two attached hydrogens (primary N) is 1. The molecule has 14 nitrogen and oxygen atoms in total. The first-order chi connectivity index (χ1) is 37.4. The van der Waals surface area contributed by atoms with Crippen molar-refractivity contribution < 1.29 is 47.7 Å². The molecule has 3 amide bonds. The molecule has 2 saturated carbocycles. The van der Waals surface area contributed by atoms with Gasteiger partial charge >= 0.3 is 24.1 Å². The highest BCUT2D eigenvalue weighted by molar-refractivity contribution is 7.99. The number of hydrogen-bond acceptors (Lipinski definition) is 12. The van der Waals surface area contributed by atoms with Crippen LogP contribution in [0.5, 0.6) is 0 Å². The molecule has 1 aromatic carbocycles. The van der Waals surface area contributed by atoms with Gasteiger partial charge in [0.25, 0.3) is 5.91 Å². The number of esters is 2. The Hall–Kier alpha value is -3.85. The van der Waals surface area contributed by atoms with Gasteiger partial charge in [0.05, 0.1) is 6.04 Å². The minimum atomic E-state index is -1.10. The molecule has 0 heterocycles. The van der Waals surface area contributed by atoms with Crippen LogP contribution in [0.3, 0.4) is 0 Å². The first-order valence-corrected chi connectivity index (χ1v) is 32.1. The first kappa shape index (κ1) is 68.4. The van der Waals surface area contributed by atoms with Gasteiger partial charge in [-0.2, -0.15) is 11.8 Å². The Balaban J connectivity index is 1.39. The molecule has 78 heavy (non-hydrogen) atoms. The van der Waals surface area contributed by atoms with E-state index in [1.165, 1.54) is 178 Å². The number of hydrogen-bond donors (Lipinski definition) is 4. The fourth-order valence-corrected chi connectivity index (χ4v) is 11.5. The topological polar surface area (TPSA) is 201 Å². The number of ketones is 1. The summed E-state index contributed by atoms with van der Waals surface area (Å²) in [5.74, 6) is 0.701. The number of carbonyl (C=O) groups is 6. The molecule has 0 spiro atoms. The number of amides is 3. The van der Waals surface area contributed by atoms with E-state index in [4.69, 9.17) is 24.7 Å². The van der Waals surface area contributed by atoms with Crippen LogP contribution in [-0.4, -0.2) is 90.4 Å². The minimum Gasteiger partial charge on any atom is -0.460 e. The molecule has 2 fully saturated rings. The van der Waals surface area contributed by atoms with Crippen molar-refractivity contribution in [1.82, 2.24) is 16.0 Å². The number of alkyl carbamates (subject to hydrolysis) is 2. The third-order valence-corrected chi connectivity index (χ3v) is 16.1. The van der Waals surface area contributed by atoms with Gasteiger partial charge in [-0.05, 0) is 90.3 Å². The number of ether oxygens (including phenoxy) is 4. The summed E-state index contributed by atoms with van der Waals surface area (Å²) in [4.78, 5) is 77.8. The van der Waals surface area contributed by atoms with E-state index >= 15 is 0 Å². The molecule has 5 N–H and O–H groups in total. The molecule has 0 aromatic heterocycles. The van der Waals surface area contributed by atoms with Crippen molar-refractivity contribution in [2.75, 3.05) is 31.2 Å². The maximum Gasteiger partial charge on any atom is 0.407 e. The molecule has 1 aromatic rings. The van der Waals surface area contributed by atoms with Crippen LogP contribution in [0, 0.1) is 11.8 Å². The van der Waals surface area contributed by atoms with Crippen molar-refractivity contribution >= 4 is 47.6 Å². The Morgan fingerprint density at radius 2 is 1.05 bits per heavy atom. The number of Topliss-reactive ketones (excluding diaryl/α,β-unsaturated/α-hetero) is 1. The Morgan fingerprint density at radius 3 is 1.54 bits per heavy atom. The highest BCUT2D eigenvalue weighted by Gasteiger charge is 2.29. The van der Waals surface area contributed by atoms with Gasteiger partial charge in [-0.15, -0.1) is 0 Å². The maximum absolute atomic E-state index is 13.3. The number of nitrogens with one attached hydrogen (secondary N) is 3. The Labute approximate surface area is 476 Å². The van der Waals surface area contributed by atoms with Gasteiger partial charge < -0.3 is 40.6 Å². The fraction of sp³-hybridized carbons (Fsp3) is 0.810. The number of carbonyl (C=O) groups excluding carboxylic acids is 6. The average Bonchev–Trinajstić information content (AvgIpc) is 3.40. The summed E-state index contributed by atoms with van der Waals surface area (Å²) < 4.78 is 22.2. The van der Waals surface area contributed by atoms with Crippen molar-refractivity contribution in [2.45, 2.75) is 283 Å². The van der Waals surface area contributed by atoms with Crippen LogP contribution < -0.4 is 21.7 Å². The van der Waals surface area contributed by atoms with Crippen LogP contribution >= 0.6 is 11.8 Å². The van der Waals surface area contributed by atoms with Crippen molar-refractivity contribution in [3.05, 3.63) is 35.4 Å². The molecular weight excluding hydrogens is 1000 g/mol. The summed E-state index contributed by atoms with van der Waals surface area (Å²) in [5.41, 5.74) is 5.61. The van der Waals surface area contributed by atoms with Crippen molar-refractivity contribution in [2.24, 2.45) is 17.6 Å². The van der Waals surface area contributed by atoms with E-state index in [1.54, 1.807) is 53.7 Å². The Morgan fingerprint density at radius 1 is 0.590 bits per heavy atom. The zero-order chi connectivity index (χ0) is 56.9. The number of thioether (sulfide) groups is 1. The molecule has 2 aliphatic rings. The van der Waals surface area contributed by atoms with Gasteiger partial charge in [-0.25, -0.2) is 14.4 Å². The quantitative estimate of drug-likeness (QED) is 0.0276. The number of benzene rings is 1.